The summed E-state index contributed by atoms with van der Waals surface area (Å²) in [5.41, 5.74) is 0.835. The van der Waals surface area contributed by atoms with Gasteiger partial charge in [0.2, 0.25) is 0 Å². The van der Waals surface area contributed by atoms with Crippen LogP contribution in [0, 0.1) is 5.92 Å². The van der Waals surface area contributed by atoms with Gasteiger partial charge < -0.3 is 9.84 Å². The third-order valence-electron chi connectivity index (χ3n) is 3.05. The van der Waals surface area contributed by atoms with E-state index in [1.807, 2.05) is 31.2 Å². The first-order chi connectivity index (χ1) is 9.60. The molecule has 0 aliphatic rings. The minimum absolute atomic E-state index is 0.0136. The molecule has 1 N–H and O–H groups in total. The molecule has 0 saturated heterocycles. The van der Waals surface area contributed by atoms with Crippen LogP contribution in [0.5, 0.6) is 11.5 Å². The zero-order valence-corrected chi connectivity index (χ0v) is 12.6. The molecule has 0 radical (unpaired) electrons. The second kappa shape index (κ2) is 6.98. The highest BCUT2D eigenvalue weighted by molar-refractivity contribution is 6.30. The highest BCUT2D eigenvalue weighted by Gasteiger charge is 2.15. The van der Waals surface area contributed by atoms with Crippen LogP contribution in [-0.4, -0.2) is 11.0 Å². The van der Waals surface area contributed by atoms with Gasteiger partial charge in [-0.2, -0.15) is 0 Å². The number of hydrogen-bond donors (Lipinski definition) is 1. The Hall–Kier alpha value is -1.22. The zero-order valence-electron chi connectivity index (χ0n) is 11.1. The summed E-state index contributed by atoms with van der Waals surface area (Å²) >= 11 is 11.6. The van der Waals surface area contributed by atoms with Gasteiger partial charge in [0, 0.05) is 10.9 Å². The third kappa shape index (κ3) is 3.89. The van der Waals surface area contributed by atoms with E-state index in [1.54, 1.807) is 24.3 Å². The van der Waals surface area contributed by atoms with Crippen molar-refractivity contribution in [3.63, 3.8) is 0 Å². The van der Waals surface area contributed by atoms with Gasteiger partial charge in [0.05, 0.1) is 6.10 Å². The SMILES string of the molecule is CC(CCl)C(O)c1ccc(Oc2ccc(Cl)cc2)cc1. The molecule has 2 atom stereocenters. The van der Waals surface area contributed by atoms with Crippen molar-refractivity contribution in [1.82, 2.24) is 0 Å². The largest absolute Gasteiger partial charge is 0.457 e. The lowest BCUT2D eigenvalue weighted by Crippen LogP contribution is -2.10. The fraction of sp³-hybridized carbons (Fsp3) is 0.250. The second-order valence-corrected chi connectivity index (χ2v) is 5.45. The van der Waals surface area contributed by atoms with Crippen molar-refractivity contribution in [2.24, 2.45) is 5.92 Å². The van der Waals surface area contributed by atoms with Crippen LogP contribution in [0.25, 0.3) is 0 Å². The van der Waals surface area contributed by atoms with Crippen molar-refractivity contribution < 1.29 is 9.84 Å². The standard InChI is InChI=1S/C16H16Cl2O2/c1-11(10-17)16(19)12-2-6-14(7-3-12)20-15-8-4-13(18)5-9-15/h2-9,11,16,19H,10H2,1H3. The van der Waals surface area contributed by atoms with Crippen LogP contribution >= 0.6 is 23.2 Å². The highest BCUT2D eigenvalue weighted by Crippen LogP contribution is 2.27. The van der Waals surface area contributed by atoms with E-state index in [4.69, 9.17) is 27.9 Å². The van der Waals surface area contributed by atoms with Crippen LogP contribution in [0.4, 0.5) is 0 Å². The minimum Gasteiger partial charge on any atom is -0.457 e. The number of hydrogen-bond acceptors (Lipinski definition) is 2. The maximum absolute atomic E-state index is 10.1. The molecule has 106 valence electrons. The summed E-state index contributed by atoms with van der Waals surface area (Å²) in [6.45, 7) is 1.91. The van der Waals surface area contributed by atoms with Crippen LogP contribution in [-0.2, 0) is 0 Å². The summed E-state index contributed by atoms with van der Waals surface area (Å²) in [5, 5.41) is 10.7. The van der Waals surface area contributed by atoms with Crippen molar-refractivity contribution in [2.45, 2.75) is 13.0 Å². The van der Waals surface area contributed by atoms with E-state index in [2.05, 4.69) is 0 Å². The summed E-state index contributed by atoms with van der Waals surface area (Å²) in [4.78, 5) is 0. The van der Waals surface area contributed by atoms with Crippen molar-refractivity contribution in [2.75, 3.05) is 5.88 Å². The van der Waals surface area contributed by atoms with Crippen molar-refractivity contribution >= 4 is 23.2 Å². The molecule has 0 amide bonds. The number of rotatable bonds is 5. The van der Waals surface area contributed by atoms with E-state index < -0.39 is 6.10 Å². The Labute approximate surface area is 128 Å². The van der Waals surface area contributed by atoms with Gasteiger partial charge in [-0.1, -0.05) is 30.7 Å². The molecule has 0 aliphatic carbocycles. The van der Waals surface area contributed by atoms with E-state index in [9.17, 15) is 5.11 Å². The van der Waals surface area contributed by atoms with Crippen LogP contribution < -0.4 is 4.74 Å². The van der Waals surface area contributed by atoms with Crippen molar-refractivity contribution in [1.29, 1.82) is 0 Å². The van der Waals surface area contributed by atoms with Crippen molar-refractivity contribution in [3.05, 3.63) is 59.1 Å². The molecule has 20 heavy (non-hydrogen) atoms. The van der Waals surface area contributed by atoms with E-state index in [0.717, 1.165) is 11.3 Å². The topological polar surface area (TPSA) is 29.5 Å². The van der Waals surface area contributed by atoms with E-state index in [1.165, 1.54) is 0 Å². The first-order valence-corrected chi connectivity index (χ1v) is 7.29. The highest BCUT2D eigenvalue weighted by atomic mass is 35.5. The van der Waals surface area contributed by atoms with Crippen LogP contribution in [0.15, 0.2) is 48.5 Å². The Kier molecular flexibility index (Phi) is 5.30. The van der Waals surface area contributed by atoms with Gasteiger partial charge in [0.15, 0.2) is 0 Å². The van der Waals surface area contributed by atoms with Gasteiger partial charge in [0.1, 0.15) is 11.5 Å². The number of halogens is 2. The normalized spacial score (nSPS) is 13.8. The van der Waals surface area contributed by atoms with Gasteiger partial charge in [-0.15, -0.1) is 11.6 Å². The predicted octanol–water partition coefficient (Wildman–Crippen LogP) is 5.04. The molecule has 0 fully saturated rings. The number of aliphatic hydroxyl groups is 1. The monoisotopic (exact) mass is 310 g/mol. The van der Waals surface area contributed by atoms with Crippen LogP contribution in [0.2, 0.25) is 5.02 Å². The third-order valence-corrected chi connectivity index (χ3v) is 3.79. The molecule has 2 rings (SSSR count). The van der Waals surface area contributed by atoms with E-state index >= 15 is 0 Å². The molecule has 2 aromatic carbocycles. The fourth-order valence-corrected chi connectivity index (χ4v) is 2.08. The Bertz CT molecular complexity index is 537. The lowest BCUT2D eigenvalue weighted by molar-refractivity contribution is 0.128. The molecule has 2 aromatic rings. The zero-order chi connectivity index (χ0) is 14.5. The predicted molar refractivity (Wildman–Crippen MR) is 82.8 cm³/mol. The van der Waals surface area contributed by atoms with Gasteiger partial charge in [-0.3, -0.25) is 0 Å². The maximum atomic E-state index is 10.1. The first-order valence-electron chi connectivity index (χ1n) is 6.37. The van der Waals surface area contributed by atoms with Crippen LogP contribution in [0.1, 0.15) is 18.6 Å². The number of alkyl halides is 1. The molecular formula is C16H16Cl2O2. The lowest BCUT2D eigenvalue weighted by Gasteiger charge is -2.17. The first kappa shape index (κ1) is 15.2. The van der Waals surface area contributed by atoms with Gasteiger partial charge >= 0.3 is 0 Å². The molecule has 0 aromatic heterocycles. The number of benzene rings is 2. The second-order valence-electron chi connectivity index (χ2n) is 4.70. The minimum atomic E-state index is -0.558. The smallest absolute Gasteiger partial charge is 0.127 e. The Morgan fingerprint density at radius 3 is 2.00 bits per heavy atom. The van der Waals surface area contributed by atoms with E-state index in [0.29, 0.717) is 16.7 Å². The molecule has 2 nitrogen and oxygen atoms in total. The van der Waals surface area contributed by atoms with Crippen molar-refractivity contribution in [3.8, 4) is 11.5 Å². The van der Waals surface area contributed by atoms with Gasteiger partial charge in [-0.05, 0) is 47.9 Å². The van der Waals surface area contributed by atoms with Crippen LogP contribution in [0.3, 0.4) is 0 Å². The Morgan fingerprint density at radius 1 is 1.00 bits per heavy atom. The molecule has 0 aliphatic heterocycles. The van der Waals surface area contributed by atoms with Gasteiger partial charge in [0.25, 0.3) is 0 Å². The molecule has 0 saturated carbocycles. The molecule has 4 heteroatoms. The summed E-state index contributed by atoms with van der Waals surface area (Å²) < 4.78 is 5.69. The molecular weight excluding hydrogens is 295 g/mol. The summed E-state index contributed by atoms with van der Waals surface area (Å²) in [7, 11) is 0. The summed E-state index contributed by atoms with van der Waals surface area (Å²) in [5.74, 6) is 1.86. The molecule has 0 spiro atoms. The molecule has 2 unspecified atom stereocenters. The maximum Gasteiger partial charge on any atom is 0.127 e. The Morgan fingerprint density at radius 2 is 1.50 bits per heavy atom. The summed E-state index contributed by atoms with van der Waals surface area (Å²) in [6, 6.07) is 14.5. The number of aliphatic hydroxyl groups excluding tert-OH is 1. The fourth-order valence-electron chi connectivity index (χ4n) is 1.78. The average molecular weight is 311 g/mol. The van der Waals surface area contributed by atoms with E-state index in [-0.39, 0.29) is 5.92 Å². The van der Waals surface area contributed by atoms with Gasteiger partial charge in [-0.25, -0.2) is 0 Å². The average Bonchev–Trinajstić information content (AvgIpc) is 2.49. The lowest BCUT2D eigenvalue weighted by atomic mass is 9.99. The quantitative estimate of drug-likeness (QED) is 0.784. The number of ether oxygens (including phenoxy) is 1. The molecule has 0 heterocycles. The summed E-state index contributed by atoms with van der Waals surface area (Å²) in [6.07, 6.45) is -0.558. The Balaban J connectivity index is 2.06. The molecule has 0 bridgehead atoms.